The molecule has 1 aromatic carbocycles. The minimum absolute atomic E-state index is 0.169. The summed E-state index contributed by atoms with van der Waals surface area (Å²) in [7, 11) is 0. The molecule has 4 heteroatoms. The van der Waals surface area contributed by atoms with Gasteiger partial charge in [0, 0.05) is 18.0 Å². The molecule has 0 spiro atoms. The maximum atomic E-state index is 13.2. The Labute approximate surface area is 109 Å². The van der Waals surface area contributed by atoms with E-state index >= 15 is 0 Å². The van der Waals surface area contributed by atoms with Crippen molar-refractivity contribution in [2.75, 3.05) is 0 Å². The smallest absolute Gasteiger partial charge is 0.142 e. The molecule has 90 valence electrons. The Hall–Kier alpha value is -0.900. The van der Waals surface area contributed by atoms with E-state index in [1.54, 1.807) is 17.4 Å². The van der Waals surface area contributed by atoms with E-state index in [0.717, 1.165) is 12.1 Å². The lowest BCUT2D eigenvalue weighted by molar-refractivity contribution is 0.621. The fourth-order valence-electron chi connectivity index (χ4n) is 1.56. The number of aryl methyl sites for hydroxylation is 1. The number of hydrogen-bond donors (Lipinski definition) is 1. The molecular formula is C13H13ClFNS. The molecule has 1 N–H and O–H groups in total. The monoisotopic (exact) mass is 269 g/mol. The van der Waals surface area contributed by atoms with E-state index in [-0.39, 0.29) is 10.8 Å². The van der Waals surface area contributed by atoms with Gasteiger partial charge in [-0.05, 0) is 41.6 Å². The van der Waals surface area contributed by atoms with Crippen LogP contribution in [-0.2, 0) is 13.1 Å². The van der Waals surface area contributed by atoms with E-state index in [1.165, 1.54) is 16.5 Å². The van der Waals surface area contributed by atoms with Crippen molar-refractivity contribution in [1.82, 2.24) is 5.32 Å². The highest BCUT2D eigenvalue weighted by Gasteiger charge is 2.02. The Bertz CT molecular complexity index is 510. The molecule has 2 rings (SSSR count). The molecule has 0 unspecified atom stereocenters. The molecule has 0 aliphatic heterocycles. The highest BCUT2D eigenvalue weighted by atomic mass is 35.5. The molecule has 0 bridgehead atoms. The number of halogens is 2. The van der Waals surface area contributed by atoms with Crippen molar-refractivity contribution in [3.05, 3.63) is 56.5 Å². The first kappa shape index (κ1) is 12.6. The topological polar surface area (TPSA) is 12.0 Å². The maximum Gasteiger partial charge on any atom is 0.142 e. The van der Waals surface area contributed by atoms with Gasteiger partial charge in [0.15, 0.2) is 0 Å². The number of rotatable bonds is 4. The summed E-state index contributed by atoms with van der Waals surface area (Å²) in [5, 5.41) is 5.54. The van der Waals surface area contributed by atoms with Gasteiger partial charge < -0.3 is 5.32 Å². The molecule has 0 atom stereocenters. The summed E-state index contributed by atoms with van der Waals surface area (Å²) in [5.74, 6) is -0.363. The van der Waals surface area contributed by atoms with Gasteiger partial charge in [-0.3, -0.25) is 0 Å². The third kappa shape index (κ3) is 3.28. The number of benzene rings is 1. The van der Waals surface area contributed by atoms with Gasteiger partial charge in [-0.1, -0.05) is 17.7 Å². The Morgan fingerprint density at radius 3 is 2.76 bits per heavy atom. The van der Waals surface area contributed by atoms with Gasteiger partial charge in [-0.15, -0.1) is 11.3 Å². The molecule has 2 aromatic rings. The van der Waals surface area contributed by atoms with Crippen LogP contribution >= 0.6 is 22.9 Å². The van der Waals surface area contributed by atoms with Crippen LogP contribution in [0.3, 0.4) is 0 Å². The van der Waals surface area contributed by atoms with Crippen LogP contribution in [0.5, 0.6) is 0 Å². The molecule has 0 fully saturated rings. The van der Waals surface area contributed by atoms with Crippen LogP contribution in [0.1, 0.15) is 16.0 Å². The quantitative estimate of drug-likeness (QED) is 0.880. The predicted octanol–water partition coefficient (Wildman–Crippen LogP) is 4.14. The SMILES string of the molecule is Cc1ccsc1CNCc1ccc(Cl)c(F)c1. The van der Waals surface area contributed by atoms with Gasteiger partial charge in [0.1, 0.15) is 5.82 Å². The highest BCUT2D eigenvalue weighted by Crippen LogP contribution is 2.17. The Balaban J connectivity index is 1.90. The largest absolute Gasteiger partial charge is 0.308 e. The lowest BCUT2D eigenvalue weighted by Crippen LogP contribution is -2.12. The van der Waals surface area contributed by atoms with Gasteiger partial charge in [0.05, 0.1) is 5.02 Å². The average Bonchev–Trinajstić information content (AvgIpc) is 2.70. The van der Waals surface area contributed by atoms with Gasteiger partial charge in [-0.25, -0.2) is 4.39 Å². The molecule has 0 saturated heterocycles. The fraction of sp³-hybridized carbons (Fsp3) is 0.231. The Kier molecular flexibility index (Phi) is 4.15. The van der Waals surface area contributed by atoms with Crippen molar-refractivity contribution < 1.29 is 4.39 Å². The van der Waals surface area contributed by atoms with Crippen molar-refractivity contribution in [2.24, 2.45) is 0 Å². The first-order chi connectivity index (χ1) is 8.16. The van der Waals surface area contributed by atoms with Gasteiger partial charge in [-0.2, -0.15) is 0 Å². The van der Waals surface area contributed by atoms with Crippen molar-refractivity contribution in [3.63, 3.8) is 0 Å². The van der Waals surface area contributed by atoms with Gasteiger partial charge in [0.25, 0.3) is 0 Å². The normalized spacial score (nSPS) is 10.8. The van der Waals surface area contributed by atoms with Gasteiger partial charge in [0.2, 0.25) is 0 Å². The molecule has 1 nitrogen and oxygen atoms in total. The summed E-state index contributed by atoms with van der Waals surface area (Å²) >= 11 is 7.36. The molecule has 0 amide bonds. The first-order valence-corrected chi connectivity index (χ1v) is 6.60. The van der Waals surface area contributed by atoms with E-state index in [9.17, 15) is 4.39 Å². The standard InChI is InChI=1S/C13H13ClFNS/c1-9-4-5-17-13(9)8-16-7-10-2-3-11(14)12(15)6-10/h2-6,16H,7-8H2,1H3. The second kappa shape index (κ2) is 5.63. The summed E-state index contributed by atoms with van der Waals surface area (Å²) in [4.78, 5) is 1.32. The number of nitrogens with one attached hydrogen (secondary N) is 1. The van der Waals surface area contributed by atoms with Crippen molar-refractivity contribution in [2.45, 2.75) is 20.0 Å². The zero-order valence-electron chi connectivity index (χ0n) is 9.47. The molecular weight excluding hydrogens is 257 g/mol. The molecule has 0 radical (unpaired) electrons. The highest BCUT2D eigenvalue weighted by molar-refractivity contribution is 7.10. The van der Waals surface area contributed by atoms with Crippen LogP contribution in [0.4, 0.5) is 4.39 Å². The molecule has 0 saturated carbocycles. The maximum absolute atomic E-state index is 13.2. The van der Waals surface area contributed by atoms with Crippen LogP contribution in [0, 0.1) is 12.7 Å². The van der Waals surface area contributed by atoms with E-state index in [2.05, 4.69) is 23.7 Å². The second-order valence-electron chi connectivity index (χ2n) is 3.88. The zero-order valence-corrected chi connectivity index (χ0v) is 11.0. The van der Waals surface area contributed by atoms with Crippen molar-refractivity contribution in [3.8, 4) is 0 Å². The van der Waals surface area contributed by atoms with Crippen LogP contribution < -0.4 is 5.32 Å². The molecule has 1 aromatic heterocycles. The minimum atomic E-state index is -0.363. The summed E-state index contributed by atoms with van der Waals surface area (Å²) in [6.07, 6.45) is 0. The lowest BCUT2D eigenvalue weighted by atomic mass is 10.2. The summed E-state index contributed by atoms with van der Waals surface area (Å²) < 4.78 is 13.2. The molecule has 0 aliphatic rings. The van der Waals surface area contributed by atoms with E-state index in [4.69, 9.17) is 11.6 Å². The van der Waals surface area contributed by atoms with Crippen LogP contribution in [0.2, 0.25) is 5.02 Å². The lowest BCUT2D eigenvalue weighted by Gasteiger charge is -2.05. The van der Waals surface area contributed by atoms with Crippen molar-refractivity contribution in [1.29, 1.82) is 0 Å². The Morgan fingerprint density at radius 2 is 2.12 bits per heavy atom. The summed E-state index contributed by atoms with van der Waals surface area (Å²) in [6.45, 7) is 3.55. The van der Waals surface area contributed by atoms with E-state index in [1.807, 2.05) is 6.07 Å². The molecule has 0 aliphatic carbocycles. The van der Waals surface area contributed by atoms with Crippen LogP contribution in [0.15, 0.2) is 29.6 Å². The Morgan fingerprint density at radius 1 is 1.29 bits per heavy atom. The van der Waals surface area contributed by atoms with Gasteiger partial charge >= 0.3 is 0 Å². The van der Waals surface area contributed by atoms with Crippen molar-refractivity contribution >= 4 is 22.9 Å². The first-order valence-electron chi connectivity index (χ1n) is 5.34. The van der Waals surface area contributed by atoms with Crippen LogP contribution in [0.25, 0.3) is 0 Å². The molecule has 17 heavy (non-hydrogen) atoms. The third-order valence-electron chi connectivity index (χ3n) is 2.57. The second-order valence-corrected chi connectivity index (χ2v) is 5.29. The van der Waals surface area contributed by atoms with E-state index < -0.39 is 0 Å². The van der Waals surface area contributed by atoms with Crippen LogP contribution in [-0.4, -0.2) is 0 Å². The number of thiophene rings is 1. The molecule has 1 heterocycles. The average molecular weight is 270 g/mol. The number of hydrogen-bond acceptors (Lipinski definition) is 2. The zero-order chi connectivity index (χ0) is 12.3. The third-order valence-corrected chi connectivity index (χ3v) is 3.90. The summed E-state index contributed by atoms with van der Waals surface area (Å²) in [6, 6.07) is 6.99. The predicted molar refractivity (Wildman–Crippen MR) is 71.0 cm³/mol. The minimum Gasteiger partial charge on any atom is -0.308 e. The fourth-order valence-corrected chi connectivity index (χ4v) is 2.55. The summed E-state index contributed by atoms with van der Waals surface area (Å²) in [5.41, 5.74) is 2.20. The van der Waals surface area contributed by atoms with E-state index in [0.29, 0.717) is 6.54 Å².